The molecule has 0 fully saturated rings. The van der Waals surface area contributed by atoms with Crippen LogP contribution in [0.1, 0.15) is 53.3 Å². The van der Waals surface area contributed by atoms with Gasteiger partial charge in [0.1, 0.15) is 5.15 Å². The van der Waals surface area contributed by atoms with Crippen molar-refractivity contribution in [2.24, 2.45) is 19.8 Å². The first kappa shape index (κ1) is 62.1. The molecule has 22 heteroatoms. The second-order valence-electron chi connectivity index (χ2n) is 17.6. The third-order valence-electron chi connectivity index (χ3n) is 11.8. The maximum Gasteiger partial charge on any atom is 0.341 e. The molecule has 0 atom stereocenters. The van der Waals surface area contributed by atoms with Gasteiger partial charge >= 0.3 is 11.9 Å². The molecular formula is C59H57Cl3IN9O9. The Balaban J connectivity index is 0.000000192. The lowest BCUT2D eigenvalue weighted by molar-refractivity contribution is 0.0599. The number of aryl methyl sites for hydroxylation is 4. The number of esters is 1. The van der Waals surface area contributed by atoms with Gasteiger partial charge in [0.15, 0.2) is 23.0 Å². The van der Waals surface area contributed by atoms with Crippen molar-refractivity contribution in [3.8, 4) is 67.8 Å². The zero-order valence-corrected chi connectivity index (χ0v) is 50.0. The number of aromatic nitrogens is 7. The van der Waals surface area contributed by atoms with Gasteiger partial charge in [0, 0.05) is 94.0 Å². The van der Waals surface area contributed by atoms with E-state index >= 15 is 0 Å². The highest BCUT2D eigenvalue weighted by Crippen LogP contribution is 2.33. The molecule has 0 bridgehead atoms. The van der Waals surface area contributed by atoms with E-state index in [4.69, 9.17) is 59.5 Å². The summed E-state index contributed by atoms with van der Waals surface area (Å²) < 4.78 is 29.5. The van der Waals surface area contributed by atoms with Gasteiger partial charge in [-0.05, 0) is 137 Å². The standard InChI is InChI=1S/C26H25ClN4O3.C17H14ClN3O2.C9H13NO2.C7H5ClINO2/c1-16-7-18(10-21(27)8-16)19-11-22(25(28-13-19)20-14-30-31(2)15-20)26(32)29-12-17-5-6-23(33-3)24(9-17)34-4;1-10-3-11(5-14(18)4-10)12-6-15(17(22)23)16(19-7-12)13-8-20-21(2)9-13;1-11-8-4-3-7(6-10)5-9(8)12-2;1-12-7(11)5-2-4(9)3-10-6(5)8/h5-11,13-15H,12H2,1-4H3,(H,29,32);3-9H,1-2H3,(H,22,23);3-5H,6,10H2,1-2H3;2-3H,1H3. The lowest BCUT2D eigenvalue weighted by Gasteiger charge is -2.13. The number of pyridine rings is 3. The Morgan fingerprint density at radius 1 is 0.568 bits per heavy atom. The van der Waals surface area contributed by atoms with Gasteiger partial charge in [-0.25, -0.2) is 14.6 Å². The summed E-state index contributed by atoms with van der Waals surface area (Å²) in [5.74, 6) is 0.940. The molecule has 5 aromatic heterocycles. The monoisotopic (exact) mass is 1270 g/mol. The van der Waals surface area contributed by atoms with Crippen molar-refractivity contribution in [3.63, 3.8) is 0 Å². The van der Waals surface area contributed by atoms with Crippen LogP contribution in [0.15, 0.2) is 134 Å². The molecule has 9 rings (SSSR count). The van der Waals surface area contributed by atoms with Crippen molar-refractivity contribution in [2.45, 2.75) is 26.9 Å². The Kier molecular flexibility index (Phi) is 22.5. The Labute approximate surface area is 497 Å². The summed E-state index contributed by atoms with van der Waals surface area (Å²) in [6.45, 7) is 4.74. The number of nitrogens with zero attached hydrogens (tertiary/aromatic N) is 7. The molecule has 0 unspecified atom stereocenters. The number of amides is 1. The van der Waals surface area contributed by atoms with Crippen molar-refractivity contribution >= 4 is 75.2 Å². The van der Waals surface area contributed by atoms with Gasteiger partial charge in [0.05, 0.1) is 76.0 Å². The second kappa shape index (κ2) is 29.4. The van der Waals surface area contributed by atoms with Gasteiger partial charge in [-0.1, -0.05) is 59.1 Å². The van der Waals surface area contributed by atoms with E-state index in [-0.39, 0.29) is 16.6 Å². The number of rotatable bonds is 14. The molecule has 420 valence electrons. The highest BCUT2D eigenvalue weighted by molar-refractivity contribution is 14.1. The number of benzene rings is 4. The molecule has 4 aromatic carbocycles. The maximum atomic E-state index is 13.4. The molecule has 1 amide bonds. The molecule has 0 spiro atoms. The number of carbonyl (C=O) groups is 3. The van der Waals surface area contributed by atoms with Gasteiger partial charge in [-0.3, -0.25) is 24.1 Å². The summed E-state index contributed by atoms with van der Waals surface area (Å²) in [7, 11) is 11.3. The largest absolute Gasteiger partial charge is 0.493 e. The molecular weight excluding hydrogens is 1210 g/mol. The predicted molar refractivity (Wildman–Crippen MR) is 322 cm³/mol. The SMILES string of the molecule is COC(=O)c1cc(I)cnc1Cl.COc1ccc(CN)cc1OC.COc1ccc(CNC(=O)c2cc(-c3cc(C)cc(Cl)c3)cnc2-c2cnn(C)c2)cc1OC.Cc1cc(Cl)cc(-c2cnc(-c3cnn(C)c3)c(C(=O)O)c2)c1. The normalized spacial score (nSPS) is 10.4. The van der Waals surface area contributed by atoms with Crippen LogP contribution in [0.2, 0.25) is 15.2 Å². The third kappa shape index (κ3) is 17.0. The Hall–Kier alpha value is -8.08. The first-order valence-corrected chi connectivity index (χ1v) is 26.6. The summed E-state index contributed by atoms with van der Waals surface area (Å²) in [6, 6.07) is 27.6. The first-order valence-electron chi connectivity index (χ1n) is 24.3. The highest BCUT2D eigenvalue weighted by atomic mass is 127. The van der Waals surface area contributed by atoms with E-state index in [9.17, 15) is 19.5 Å². The average Bonchev–Trinajstić information content (AvgIpc) is 4.26. The molecule has 0 saturated carbocycles. The van der Waals surface area contributed by atoms with Gasteiger partial charge < -0.3 is 39.8 Å². The number of carbonyl (C=O) groups excluding carboxylic acids is 2. The van der Waals surface area contributed by atoms with Gasteiger partial charge in [0.2, 0.25) is 0 Å². The van der Waals surface area contributed by atoms with Crippen LogP contribution in [0.3, 0.4) is 0 Å². The van der Waals surface area contributed by atoms with E-state index in [0.717, 1.165) is 59.6 Å². The third-order valence-corrected chi connectivity index (χ3v) is 13.1. The Bertz CT molecular complexity index is 3650. The fraction of sp³-hybridized carbons (Fsp3) is 0.186. The van der Waals surface area contributed by atoms with Crippen molar-refractivity contribution in [1.82, 2.24) is 39.8 Å². The van der Waals surface area contributed by atoms with Crippen LogP contribution in [-0.2, 0) is 31.9 Å². The number of hydrogen-bond donors (Lipinski definition) is 3. The van der Waals surface area contributed by atoms with Gasteiger partial charge in [0.25, 0.3) is 5.91 Å². The lowest BCUT2D eigenvalue weighted by Crippen LogP contribution is -2.24. The predicted octanol–water partition coefficient (Wildman–Crippen LogP) is 12.2. The van der Waals surface area contributed by atoms with Crippen LogP contribution < -0.4 is 30.0 Å². The first-order chi connectivity index (χ1) is 38.8. The smallest absolute Gasteiger partial charge is 0.341 e. The summed E-state index contributed by atoms with van der Waals surface area (Å²) in [5, 5.41) is 22.2. The molecule has 0 radical (unpaired) electrons. The summed E-state index contributed by atoms with van der Waals surface area (Å²) in [6.07, 6.45) is 11.8. The van der Waals surface area contributed by atoms with E-state index in [1.54, 1.807) is 100 Å². The van der Waals surface area contributed by atoms with Crippen molar-refractivity contribution in [3.05, 3.63) is 192 Å². The number of carboxylic acid groups (broad SMARTS) is 1. The fourth-order valence-corrected chi connectivity index (χ4v) is 9.10. The number of nitrogens with one attached hydrogen (secondary N) is 1. The number of halogens is 4. The van der Waals surface area contributed by atoms with Crippen LogP contribution >= 0.6 is 57.4 Å². The van der Waals surface area contributed by atoms with E-state index in [1.807, 2.05) is 122 Å². The van der Waals surface area contributed by atoms with E-state index < -0.39 is 11.9 Å². The molecule has 18 nitrogen and oxygen atoms in total. The molecule has 81 heavy (non-hydrogen) atoms. The number of nitrogens with two attached hydrogens (primary N) is 1. The molecule has 9 aromatic rings. The number of hydrogen-bond acceptors (Lipinski definition) is 14. The summed E-state index contributed by atoms with van der Waals surface area (Å²) in [4.78, 5) is 48.8. The van der Waals surface area contributed by atoms with E-state index in [1.165, 1.54) is 7.11 Å². The fourth-order valence-electron chi connectivity index (χ4n) is 7.89. The Morgan fingerprint density at radius 2 is 1.05 bits per heavy atom. The van der Waals surface area contributed by atoms with Crippen LogP contribution in [0.5, 0.6) is 23.0 Å². The van der Waals surface area contributed by atoms with Crippen LogP contribution in [-0.4, -0.2) is 93.0 Å². The summed E-state index contributed by atoms with van der Waals surface area (Å²) >= 11 is 20.0. The maximum absolute atomic E-state index is 13.4. The van der Waals surface area contributed by atoms with Crippen LogP contribution in [0.4, 0.5) is 0 Å². The number of carboxylic acids is 1. The lowest BCUT2D eigenvalue weighted by atomic mass is 10.0. The number of ether oxygens (including phenoxy) is 5. The molecule has 0 aliphatic carbocycles. The minimum Gasteiger partial charge on any atom is -0.493 e. The second-order valence-corrected chi connectivity index (χ2v) is 20.1. The van der Waals surface area contributed by atoms with Crippen molar-refractivity contribution in [2.75, 3.05) is 35.5 Å². The van der Waals surface area contributed by atoms with Crippen LogP contribution in [0, 0.1) is 17.4 Å². The minimum absolute atomic E-state index is 0.133. The topological polar surface area (TPSA) is 230 Å². The van der Waals surface area contributed by atoms with Gasteiger partial charge in [-0.2, -0.15) is 10.2 Å². The van der Waals surface area contributed by atoms with Crippen LogP contribution in [0.25, 0.3) is 44.8 Å². The van der Waals surface area contributed by atoms with E-state index in [0.29, 0.717) is 68.3 Å². The average molecular weight is 1270 g/mol. The molecule has 0 aliphatic rings. The zero-order chi connectivity index (χ0) is 58.9. The molecule has 4 N–H and O–H groups in total. The van der Waals surface area contributed by atoms with Crippen molar-refractivity contribution < 1.29 is 43.2 Å². The molecule has 5 heterocycles. The van der Waals surface area contributed by atoms with Gasteiger partial charge in [-0.15, -0.1) is 0 Å². The summed E-state index contributed by atoms with van der Waals surface area (Å²) in [5.41, 5.74) is 15.9. The van der Waals surface area contributed by atoms with Crippen molar-refractivity contribution in [1.29, 1.82) is 0 Å². The molecule has 0 saturated heterocycles. The quantitative estimate of drug-likeness (QED) is 0.0522. The number of aromatic carboxylic acids is 1. The minimum atomic E-state index is -1.03. The molecule has 0 aliphatic heterocycles. The van der Waals surface area contributed by atoms with E-state index in [2.05, 4.69) is 35.2 Å². The Morgan fingerprint density at radius 3 is 1.49 bits per heavy atom. The number of methoxy groups -OCH3 is 5. The highest BCUT2D eigenvalue weighted by Gasteiger charge is 2.20. The zero-order valence-electron chi connectivity index (χ0n) is 45.5.